The van der Waals surface area contributed by atoms with Gasteiger partial charge in [0.1, 0.15) is 0 Å². The molecular weight excluding hydrogens is 324 g/mol. The maximum Gasteiger partial charge on any atom is 0.240 e. The number of rotatable bonds is 6. The molecule has 1 aromatic heterocycles. The van der Waals surface area contributed by atoms with Crippen molar-refractivity contribution in [1.82, 2.24) is 19.7 Å². The predicted molar refractivity (Wildman–Crippen MR) is 85.2 cm³/mol. The van der Waals surface area contributed by atoms with Gasteiger partial charge in [0.2, 0.25) is 10.0 Å². The van der Waals surface area contributed by atoms with Crippen molar-refractivity contribution in [2.75, 3.05) is 0 Å². The van der Waals surface area contributed by atoms with Crippen LogP contribution in [0, 0.1) is 12.8 Å². The van der Waals surface area contributed by atoms with E-state index in [2.05, 4.69) is 14.9 Å². The Bertz CT molecular complexity index is 729. The predicted octanol–water partition coefficient (Wildman–Crippen LogP) is 2.24. The topological polar surface area (TPSA) is 76.9 Å². The average Bonchev–Trinajstić information content (AvgIpc) is 2.93. The minimum absolute atomic E-state index is 0.0849. The van der Waals surface area contributed by atoms with Crippen LogP contribution in [0.5, 0.6) is 0 Å². The van der Waals surface area contributed by atoms with E-state index in [-0.39, 0.29) is 16.9 Å². The van der Waals surface area contributed by atoms with Crippen LogP contribution in [0.15, 0.2) is 35.5 Å². The molecule has 0 saturated heterocycles. The molecule has 2 rings (SSSR count). The number of halogens is 1. The van der Waals surface area contributed by atoms with Gasteiger partial charge in [-0.3, -0.25) is 0 Å². The summed E-state index contributed by atoms with van der Waals surface area (Å²) in [7, 11) is -3.65. The first-order valence-corrected chi connectivity index (χ1v) is 8.78. The summed E-state index contributed by atoms with van der Waals surface area (Å²) in [5.41, 5.74) is 0.835. The maximum atomic E-state index is 12.5. The molecule has 120 valence electrons. The SMILES string of the molecule is Cc1ccc(S(=O)(=O)N[C@@H](Cn2nccn2)C(C)C)cc1Cl. The first-order valence-electron chi connectivity index (χ1n) is 6.92. The van der Waals surface area contributed by atoms with Gasteiger partial charge in [0.25, 0.3) is 0 Å². The molecule has 1 N–H and O–H groups in total. The molecule has 0 radical (unpaired) electrons. The minimum Gasteiger partial charge on any atom is -0.207 e. The third-order valence-corrected chi connectivity index (χ3v) is 5.29. The van der Waals surface area contributed by atoms with Gasteiger partial charge in [0, 0.05) is 11.1 Å². The Labute approximate surface area is 135 Å². The molecule has 0 amide bonds. The number of aryl methyl sites for hydroxylation is 1. The van der Waals surface area contributed by atoms with Crippen LogP contribution < -0.4 is 4.72 Å². The summed E-state index contributed by atoms with van der Waals surface area (Å²) in [5.74, 6) is 0.0849. The summed E-state index contributed by atoms with van der Waals surface area (Å²) in [6.45, 7) is 6.08. The maximum absolute atomic E-state index is 12.5. The Morgan fingerprint density at radius 3 is 2.45 bits per heavy atom. The highest BCUT2D eigenvalue weighted by Gasteiger charge is 2.23. The van der Waals surface area contributed by atoms with Crippen molar-refractivity contribution in [3.8, 4) is 0 Å². The van der Waals surface area contributed by atoms with E-state index in [0.717, 1.165) is 5.56 Å². The zero-order chi connectivity index (χ0) is 16.3. The van der Waals surface area contributed by atoms with Crippen molar-refractivity contribution < 1.29 is 8.42 Å². The van der Waals surface area contributed by atoms with E-state index in [1.54, 1.807) is 24.5 Å². The molecule has 0 spiro atoms. The lowest BCUT2D eigenvalue weighted by Crippen LogP contribution is -2.41. The van der Waals surface area contributed by atoms with Crippen molar-refractivity contribution in [2.24, 2.45) is 5.92 Å². The van der Waals surface area contributed by atoms with Gasteiger partial charge in [0.15, 0.2) is 0 Å². The Morgan fingerprint density at radius 1 is 1.27 bits per heavy atom. The van der Waals surface area contributed by atoms with Gasteiger partial charge in [0.05, 0.1) is 23.8 Å². The van der Waals surface area contributed by atoms with Crippen LogP contribution >= 0.6 is 11.6 Å². The summed E-state index contributed by atoms with van der Waals surface area (Å²) in [6, 6.07) is 4.38. The number of nitrogens with one attached hydrogen (secondary N) is 1. The summed E-state index contributed by atoms with van der Waals surface area (Å²) in [5, 5.41) is 8.46. The van der Waals surface area contributed by atoms with Gasteiger partial charge in [-0.05, 0) is 30.5 Å². The molecular formula is C14H19ClN4O2S. The fraction of sp³-hybridized carbons (Fsp3) is 0.429. The normalized spacial score (nSPS) is 13.5. The van der Waals surface area contributed by atoms with Gasteiger partial charge in [-0.25, -0.2) is 13.1 Å². The van der Waals surface area contributed by atoms with Crippen LogP contribution in [0.1, 0.15) is 19.4 Å². The lowest BCUT2D eigenvalue weighted by Gasteiger charge is -2.21. The molecule has 0 fully saturated rings. The molecule has 6 nitrogen and oxygen atoms in total. The molecule has 1 atom stereocenters. The molecule has 0 unspecified atom stereocenters. The smallest absolute Gasteiger partial charge is 0.207 e. The summed E-state index contributed by atoms with van der Waals surface area (Å²) in [6.07, 6.45) is 3.12. The number of hydrogen-bond donors (Lipinski definition) is 1. The number of aromatic nitrogens is 3. The Kier molecular flexibility index (Phi) is 5.20. The van der Waals surface area contributed by atoms with Crippen molar-refractivity contribution in [2.45, 2.75) is 38.3 Å². The molecule has 0 bridgehead atoms. The first-order chi connectivity index (χ1) is 10.3. The van der Waals surface area contributed by atoms with Crippen molar-refractivity contribution >= 4 is 21.6 Å². The average molecular weight is 343 g/mol. The van der Waals surface area contributed by atoms with Gasteiger partial charge in [-0.15, -0.1) is 0 Å². The molecule has 2 aromatic rings. The van der Waals surface area contributed by atoms with Crippen molar-refractivity contribution in [1.29, 1.82) is 0 Å². The highest BCUT2D eigenvalue weighted by atomic mass is 35.5. The Hall–Kier alpha value is -1.44. The second kappa shape index (κ2) is 6.76. The fourth-order valence-corrected chi connectivity index (χ4v) is 3.55. The molecule has 8 heteroatoms. The Balaban J connectivity index is 2.22. The number of hydrogen-bond acceptors (Lipinski definition) is 4. The molecule has 1 heterocycles. The second-order valence-electron chi connectivity index (χ2n) is 5.47. The second-order valence-corrected chi connectivity index (χ2v) is 7.59. The summed E-state index contributed by atoms with van der Waals surface area (Å²) < 4.78 is 27.7. The van der Waals surface area contributed by atoms with Crippen molar-refractivity contribution in [3.05, 3.63) is 41.2 Å². The van der Waals surface area contributed by atoms with E-state index in [4.69, 9.17) is 11.6 Å². The van der Waals surface area contributed by atoms with E-state index in [1.165, 1.54) is 10.9 Å². The zero-order valence-electron chi connectivity index (χ0n) is 12.7. The molecule has 22 heavy (non-hydrogen) atoms. The van der Waals surface area contributed by atoms with Gasteiger partial charge >= 0.3 is 0 Å². The number of nitrogens with zero attached hydrogens (tertiary/aromatic N) is 3. The van der Waals surface area contributed by atoms with Gasteiger partial charge in [-0.1, -0.05) is 31.5 Å². The monoisotopic (exact) mass is 342 g/mol. The number of sulfonamides is 1. The first kappa shape index (κ1) is 16.9. The van der Waals surface area contributed by atoms with Gasteiger partial charge in [-0.2, -0.15) is 15.0 Å². The lowest BCUT2D eigenvalue weighted by atomic mass is 10.1. The molecule has 1 aromatic carbocycles. The largest absolute Gasteiger partial charge is 0.240 e. The van der Waals surface area contributed by atoms with Crippen LogP contribution in [0.25, 0.3) is 0 Å². The highest BCUT2D eigenvalue weighted by Crippen LogP contribution is 2.20. The van der Waals surface area contributed by atoms with E-state index < -0.39 is 10.0 Å². The van der Waals surface area contributed by atoms with Crippen LogP contribution in [-0.4, -0.2) is 29.5 Å². The standard InChI is InChI=1S/C14H19ClN4O2S/c1-10(2)14(9-19-16-6-7-17-19)18-22(20,21)12-5-4-11(3)13(15)8-12/h4-8,10,14,18H,9H2,1-3H3/t14-/m0/s1. The summed E-state index contributed by atoms with van der Waals surface area (Å²) in [4.78, 5) is 1.62. The van der Waals surface area contributed by atoms with Crippen LogP contribution in [0.4, 0.5) is 0 Å². The molecule has 0 aliphatic carbocycles. The van der Waals surface area contributed by atoms with E-state index in [1.807, 2.05) is 20.8 Å². The van der Waals surface area contributed by atoms with Crippen molar-refractivity contribution in [3.63, 3.8) is 0 Å². The fourth-order valence-electron chi connectivity index (χ4n) is 1.91. The molecule has 0 saturated carbocycles. The molecule has 0 aliphatic heterocycles. The van der Waals surface area contributed by atoms with E-state index in [9.17, 15) is 8.42 Å². The van der Waals surface area contributed by atoms with Gasteiger partial charge < -0.3 is 0 Å². The quantitative estimate of drug-likeness (QED) is 0.873. The third kappa shape index (κ3) is 4.06. The van der Waals surface area contributed by atoms with Crippen LogP contribution in [0.2, 0.25) is 5.02 Å². The van der Waals surface area contributed by atoms with Crippen LogP contribution in [-0.2, 0) is 16.6 Å². The third-order valence-electron chi connectivity index (χ3n) is 3.39. The zero-order valence-corrected chi connectivity index (χ0v) is 14.3. The lowest BCUT2D eigenvalue weighted by molar-refractivity contribution is 0.361. The number of benzene rings is 1. The highest BCUT2D eigenvalue weighted by molar-refractivity contribution is 7.89. The van der Waals surface area contributed by atoms with E-state index in [0.29, 0.717) is 11.6 Å². The molecule has 0 aliphatic rings. The minimum atomic E-state index is -3.65. The van der Waals surface area contributed by atoms with Crippen LogP contribution in [0.3, 0.4) is 0 Å². The summed E-state index contributed by atoms with van der Waals surface area (Å²) >= 11 is 6.02. The Morgan fingerprint density at radius 2 is 1.91 bits per heavy atom. The van der Waals surface area contributed by atoms with E-state index >= 15 is 0 Å².